The summed E-state index contributed by atoms with van der Waals surface area (Å²) in [5.41, 5.74) is -1.08. The Hall–Kier alpha value is -2.79. The quantitative estimate of drug-likeness (QED) is 0.531. The van der Waals surface area contributed by atoms with Gasteiger partial charge in [-0.25, -0.2) is 32.3 Å². The SMILES string of the molecule is COC(=O)C(F)c1nc(C)nc(NCc2cccc(C(F)F)c2F)c1C1OCCO1. The van der Waals surface area contributed by atoms with Gasteiger partial charge in [-0.1, -0.05) is 18.2 Å². The second kappa shape index (κ2) is 9.35. The van der Waals surface area contributed by atoms with Gasteiger partial charge in [-0.05, 0) is 6.92 Å². The Kier molecular flexibility index (Phi) is 6.83. The largest absolute Gasteiger partial charge is 0.467 e. The summed E-state index contributed by atoms with van der Waals surface area (Å²) in [6.45, 7) is 1.67. The molecule has 2 aromatic rings. The van der Waals surface area contributed by atoms with E-state index in [0.29, 0.717) is 0 Å². The predicted molar refractivity (Wildman–Crippen MR) is 96.0 cm³/mol. The molecule has 0 aliphatic carbocycles. The molecule has 1 aromatic heterocycles. The van der Waals surface area contributed by atoms with Gasteiger partial charge in [0.15, 0.2) is 6.29 Å². The molecule has 1 aromatic carbocycles. The van der Waals surface area contributed by atoms with Gasteiger partial charge in [0.25, 0.3) is 6.43 Å². The highest BCUT2D eigenvalue weighted by Gasteiger charge is 2.34. The molecule has 1 unspecified atom stereocenters. The molecule has 1 fully saturated rings. The third kappa shape index (κ3) is 4.51. The van der Waals surface area contributed by atoms with Crippen molar-refractivity contribution in [3.05, 3.63) is 52.2 Å². The number of halogens is 4. The van der Waals surface area contributed by atoms with Gasteiger partial charge in [0.2, 0.25) is 6.17 Å². The van der Waals surface area contributed by atoms with Crippen molar-refractivity contribution in [2.75, 3.05) is 25.6 Å². The van der Waals surface area contributed by atoms with E-state index >= 15 is 0 Å². The normalized spacial score (nSPS) is 15.4. The van der Waals surface area contributed by atoms with Crippen molar-refractivity contribution in [3.63, 3.8) is 0 Å². The van der Waals surface area contributed by atoms with Crippen LogP contribution in [0.5, 0.6) is 0 Å². The lowest BCUT2D eigenvalue weighted by atomic mass is 10.1. The van der Waals surface area contributed by atoms with Crippen LogP contribution in [0.25, 0.3) is 0 Å². The number of aryl methyl sites for hydroxylation is 1. The molecule has 1 atom stereocenters. The number of hydrogen-bond donors (Lipinski definition) is 1. The number of carbonyl (C=O) groups excluding carboxylic acids is 1. The number of carbonyl (C=O) groups is 1. The van der Waals surface area contributed by atoms with Crippen LogP contribution in [0.2, 0.25) is 0 Å². The van der Waals surface area contributed by atoms with E-state index in [-0.39, 0.29) is 48.2 Å². The fourth-order valence-corrected chi connectivity index (χ4v) is 2.99. The van der Waals surface area contributed by atoms with Crippen LogP contribution in [-0.2, 0) is 25.5 Å². The first-order valence-electron chi connectivity index (χ1n) is 8.96. The topological polar surface area (TPSA) is 82.6 Å². The lowest BCUT2D eigenvalue weighted by molar-refractivity contribution is -0.147. The number of alkyl halides is 3. The van der Waals surface area contributed by atoms with Gasteiger partial charge in [-0.2, -0.15) is 0 Å². The number of aromatic nitrogens is 2. The van der Waals surface area contributed by atoms with Crippen molar-refractivity contribution >= 4 is 11.8 Å². The maximum absolute atomic E-state index is 14.7. The molecule has 1 aliphatic rings. The van der Waals surface area contributed by atoms with Crippen LogP contribution >= 0.6 is 0 Å². The highest BCUT2D eigenvalue weighted by Crippen LogP contribution is 2.36. The zero-order chi connectivity index (χ0) is 21.8. The molecule has 3 rings (SSSR count). The van der Waals surface area contributed by atoms with Crippen molar-refractivity contribution in [2.24, 2.45) is 0 Å². The van der Waals surface area contributed by atoms with E-state index < -0.39 is 36.2 Å². The van der Waals surface area contributed by atoms with E-state index in [1.165, 1.54) is 19.1 Å². The predicted octanol–water partition coefficient (Wildman–Crippen LogP) is 3.70. The van der Waals surface area contributed by atoms with Crippen LogP contribution in [0.3, 0.4) is 0 Å². The van der Waals surface area contributed by atoms with Crippen LogP contribution in [-0.4, -0.2) is 36.3 Å². The van der Waals surface area contributed by atoms with Crippen molar-refractivity contribution in [3.8, 4) is 0 Å². The van der Waals surface area contributed by atoms with Crippen molar-refractivity contribution in [1.82, 2.24) is 9.97 Å². The number of methoxy groups -OCH3 is 1. The number of rotatable bonds is 7. The fraction of sp³-hybridized carbons (Fsp3) is 0.421. The highest BCUT2D eigenvalue weighted by molar-refractivity contribution is 5.76. The maximum Gasteiger partial charge on any atom is 0.346 e. The summed E-state index contributed by atoms with van der Waals surface area (Å²) in [7, 11) is 1.03. The summed E-state index contributed by atoms with van der Waals surface area (Å²) in [4.78, 5) is 19.9. The molecule has 0 spiro atoms. The molecule has 1 N–H and O–H groups in total. The number of ether oxygens (including phenoxy) is 3. The number of anilines is 1. The molecule has 162 valence electrons. The zero-order valence-electron chi connectivity index (χ0n) is 16.1. The van der Waals surface area contributed by atoms with E-state index in [1.54, 1.807) is 0 Å². The van der Waals surface area contributed by atoms with Crippen LogP contribution in [0, 0.1) is 12.7 Å². The van der Waals surface area contributed by atoms with Crippen LogP contribution in [0.1, 0.15) is 47.1 Å². The third-order valence-corrected chi connectivity index (χ3v) is 4.38. The van der Waals surface area contributed by atoms with Crippen LogP contribution < -0.4 is 5.32 Å². The van der Waals surface area contributed by atoms with E-state index in [0.717, 1.165) is 13.2 Å². The summed E-state index contributed by atoms with van der Waals surface area (Å²) >= 11 is 0. The molecule has 0 amide bonds. The number of esters is 1. The molecular weight excluding hydrogens is 410 g/mol. The van der Waals surface area contributed by atoms with Gasteiger partial charge in [0.05, 0.1) is 31.5 Å². The number of benzene rings is 1. The molecule has 0 saturated carbocycles. The number of nitrogens with zero attached hydrogens (tertiary/aromatic N) is 2. The van der Waals surface area contributed by atoms with Crippen molar-refractivity contribution < 1.29 is 36.6 Å². The minimum absolute atomic E-state index is 0.0152. The van der Waals surface area contributed by atoms with Gasteiger partial charge < -0.3 is 19.5 Å². The van der Waals surface area contributed by atoms with E-state index in [4.69, 9.17) is 9.47 Å². The van der Waals surface area contributed by atoms with Crippen molar-refractivity contribution in [2.45, 2.75) is 32.4 Å². The minimum Gasteiger partial charge on any atom is -0.467 e. The smallest absolute Gasteiger partial charge is 0.346 e. The van der Waals surface area contributed by atoms with Gasteiger partial charge >= 0.3 is 5.97 Å². The first-order valence-corrected chi connectivity index (χ1v) is 8.96. The summed E-state index contributed by atoms with van der Waals surface area (Å²) in [6.07, 6.45) is -6.27. The van der Waals surface area contributed by atoms with Crippen LogP contribution in [0.4, 0.5) is 23.4 Å². The average Bonchev–Trinajstić information content (AvgIpc) is 3.25. The lowest BCUT2D eigenvalue weighted by Crippen LogP contribution is -2.19. The number of nitrogens with one attached hydrogen (secondary N) is 1. The van der Waals surface area contributed by atoms with Gasteiger partial charge in [0.1, 0.15) is 23.2 Å². The Balaban J connectivity index is 1.99. The summed E-state index contributed by atoms with van der Waals surface area (Å²) < 4.78 is 70.2. The molecule has 30 heavy (non-hydrogen) atoms. The first kappa shape index (κ1) is 21.9. The molecule has 0 bridgehead atoms. The van der Waals surface area contributed by atoms with Crippen LogP contribution in [0.15, 0.2) is 18.2 Å². The molecule has 2 heterocycles. The van der Waals surface area contributed by atoms with Crippen molar-refractivity contribution in [1.29, 1.82) is 0 Å². The first-order chi connectivity index (χ1) is 14.3. The third-order valence-electron chi connectivity index (χ3n) is 4.38. The summed E-state index contributed by atoms with van der Waals surface area (Å²) in [5, 5.41) is 2.79. The fourth-order valence-electron chi connectivity index (χ4n) is 2.99. The highest BCUT2D eigenvalue weighted by atomic mass is 19.3. The zero-order valence-corrected chi connectivity index (χ0v) is 16.1. The Morgan fingerprint density at radius 1 is 1.27 bits per heavy atom. The molecule has 0 radical (unpaired) electrons. The van der Waals surface area contributed by atoms with Gasteiger partial charge in [-0.15, -0.1) is 0 Å². The molecule has 1 aliphatic heterocycles. The molecule has 7 nitrogen and oxygen atoms in total. The second-order valence-corrected chi connectivity index (χ2v) is 6.35. The Bertz CT molecular complexity index is 923. The van der Waals surface area contributed by atoms with Gasteiger partial charge in [0, 0.05) is 12.1 Å². The Labute approximate surface area is 169 Å². The van der Waals surface area contributed by atoms with E-state index in [2.05, 4.69) is 20.0 Å². The lowest BCUT2D eigenvalue weighted by Gasteiger charge is -2.20. The minimum atomic E-state index is -2.97. The maximum atomic E-state index is 14.7. The second-order valence-electron chi connectivity index (χ2n) is 6.35. The molecular formula is C19H19F4N3O4. The summed E-state index contributed by atoms with van der Waals surface area (Å²) in [6, 6.07) is 3.63. The Morgan fingerprint density at radius 2 is 1.97 bits per heavy atom. The van der Waals surface area contributed by atoms with E-state index in [1.807, 2.05) is 0 Å². The summed E-state index contributed by atoms with van der Waals surface area (Å²) in [5.74, 6) is -2.09. The van der Waals surface area contributed by atoms with Gasteiger partial charge in [-0.3, -0.25) is 0 Å². The average molecular weight is 429 g/mol. The monoisotopic (exact) mass is 429 g/mol. The Morgan fingerprint density at radius 3 is 2.60 bits per heavy atom. The molecule has 1 saturated heterocycles. The standard InChI is InChI=1S/C19H19F4N3O4/c1-9-25-15(14(21)18(27)28-2)12(19-29-6-7-30-19)17(26-9)24-8-10-4-3-5-11(13(10)20)16(22)23/h3-5,14,16,19H,6-8H2,1-2H3,(H,24,25,26). The molecule has 11 heteroatoms. The van der Waals surface area contributed by atoms with E-state index in [9.17, 15) is 22.4 Å². The number of hydrogen-bond acceptors (Lipinski definition) is 7.